The van der Waals surface area contributed by atoms with Crippen LogP contribution in [0.4, 0.5) is 5.69 Å². The summed E-state index contributed by atoms with van der Waals surface area (Å²) in [6, 6.07) is 4.43. The van der Waals surface area contributed by atoms with Gasteiger partial charge in [-0.05, 0) is 18.6 Å². The Kier molecular flexibility index (Phi) is 3.18. The van der Waals surface area contributed by atoms with E-state index < -0.39 is 0 Å². The minimum atomic E-state index is 0.207. The molecule has 0 radical (unpaired) electrons. The van der Waals surface area contributed by atoms with Gasteiger partial charge in [-0.15, -0.1) is 0 Å². The Balaban J connectivity index is 1.54. The lowest BCUT2D eigenvalue weighted by atomic mass is 10.1. The van der Waals surface area contributed by atoms with Crippen molar-refractivity contribution in [3.63, 3.8) is 0 Å². The van der Waals surface area contributed by atoms with Crippen LogP contribution in [0.1, 0.15) is 18.4 Å². The van der Waals surface area contributed by atoms with Crippen LogP contribution in [0.2, 0.25) is 0 Å². The zero-order valence-corrected chi connectivity index (χ0v) is 12.6. The summed E-state index contributed by atoms with van der Waals surface area (Å²) in [5.74, 6) is 0.207. The van der Waals surface area contributed by atoms with Crippen LogP contribution in [0, 0.1) is 0 Å². The van der Waals surface area contributed by atoms with Gasteiger partial charge < -0.3 is 4.90 Å². The van der Waals surface area contributed by atoms with Crippen molar-refractivity contribution in [3.05, 3.63) is 42.5 Å². The Morgan fingerprint density at radius 2 is 2.23 bits per heavy atom. The molecule has 0 bridgehead atoms. The summed E-state index contributed by atoms with van der Waals surface area (Å²) >= 11 is 0. The van der Waals surface area contributed by atoms with Gasteiger partial charge in [-0.1, -0.05) is 0 Å². The van der Waals surface area contributed by atoms with E-state index in [1.165, 1.54) is 5.56 Å². The molecule has 6 heteroatoms. The van der Waals surface area contributed by atoms with Gasteiger partial charge in [0.25, 0.3) is 0 Å². The van der Waals surface area contributed by atoms with Gasteiger partial charge in [0.05, 0.1) is 24.1 Å². The molecule has 0 saturated carbocycles. The molecule has 0 unspecified atom stereocenters. The Labute approximate surface area is 129 Å². The third-order valence-electron chi connectivity index (χ3n) is 4.68. The number of pyridine rings is 1. The zero-order valence-electron chi connectivity index (χ0n) is 12.6. The number of hydrogen-bond acceptors (Lipinski definition) is 4. The van der Waals surface area contributed by atoms with E-state index in [9.17, 15) is 4.79 Å². The van der Waals surface area contributed by atoms with Gasteiger partial charge in [-0.2, -0.15) is 5.10 Å². The van der Waals surface area contributed by atoms with Crippen molar-refractivity contribution < 1.29 is 4.79 Å². The van der Waals surface area contributed by atoms with Crippen LogP contribution >= 0.6 is 0 Å². The summed E-state index contributed by atoms with van der Waals surface area (Å²) in [6.07, 6.45) is 9.09. The molecule has 22 heavy (non-hydrogen) atoms. The van der Waals surface area contributed by atoms with Crippen LogP contribution in [0.25, 0.3) is 0 Å². The summed E-state index contributed by atoms with van der Waals surface area (Å²) in [6.45, 7) is 1.89. The first-order chi connectivity index (χ1) is 10.7. The van der Waals surface area contributed by atoms with Crippen molar-refractivity contribution in [2.24, 2.45) is 7.05 Å². The molecule has 2 fully saturated rings. The van der Waals surface area contributed by atoms with Gasteiger partial charge in [-0.25, -0.2) is 0 Å². The van der Waals surface area contributed by atoms with Crippen LogP contribution in [-0.2, 0) is 18.4 Å². The van der Waals surface area contributed by atoms with E-state index in [0.717, 1.165) is 25.2 Å². The number of likely N-dealkylation sites (tertiary alicyclic amines) is 1. The Morgan fingerprint density at radius 3 is 2.95 bits per heavy atom. The molecule has 4 heterocycles. The average Bonchev–Trinajstić information content (AvgIpc) is 3.17. The first-order valence-corrected chi connectivity index (χ1v) is 7.66. The largest absolute Gasteiger partial charge is 0.306 e. The quantitative estimate of drug-likeness (QED) is 0.854. The number of aryl methyl sites for hydroxylation is 1. The molecule has 2 aromatic heterocycles. The van der Waals surface area contributed by atoms with E-state index in [1.54, 1.807) is 12.4 Å². The molecule has 4 rings (SSSR count). The second-order valence-corrected chi connectivity index (χ2v) is 6.10. The summed E-state index contributed by atoms with van der Waals surface area (Å²) in [5.41, 5.74) is 2.12. The molecule has 6 nitrogen and oxygen atoms in total. The summed E-state index contributed by atoms with van der Waals surface area (Å²) in [7, 11) is 1.93. The van der Waals surface area contributed by atoms with E-state index >= 15 is 0 Å². The van der Waals surface area contributed by atoms with Crippen molar-refractivity contribution in [2.45, 2.75) is 31.5 Å². The number of hydrogen-bond donors (Lipinski definition) is 0. The van der Waals surface area contributed by atoms with Crippen molar-refractivity contribution in [1.82, 2.24) is 19.7 Å². The molecule has 2 saturated heterocycles. The predicted molar refractivity (Wildman–Crippen MR) is 82.2 cm³/mol. The molecule has 2 aromatic rings. The van der Waals surface area contributed by atoms with E-state index in [0.29, 0.717) is 12.5 Å². The minimum absolute atomic E-state index is 0.207. The normalized spacial score (nSPS) is 25.0. The topological polar surface area (TPSA) is 54.3 Å². The van der Waals surface area contributed by atoms with Gasteiger partial charge in [0.15, 0.2) is 0 Å². The first kappa shape index (κ1) is 13.5. The van der Waals surface area contributed by atoms with Crippen LogP contribution < -0.4 is 4.90 Å². The summed E-state index contributed by atoms with van der Waals surface area (Å²) in [5, 5.41) is 4.23. The molecule has 0 aromatic carbocycles. The third-order valence-corrected chi connectivity index (χ3v) is 4.68. The van der Waals surface area contributed by atoms with E-state index in [2.05, 4.69) is 15.0 Å². The smallest absolute Gasteiger partial charge is 0.229 e. The number of carbonyl (C=O) groups excluding carboxylic acids is 1. The van der Waals surface area contributed by atoms with Gasteiger partial charge >= 0.3 is 0 Å². The number of rotatable bonds is 3. The molecular formula is C16H19N5O. The SMILES string of the molecule is Cn1cc(CN2CC[C@H]3[C@@H]2CC(=O)N3c2cccnc2)cn1. The van der Waals surface area contributed by atoms with Gasteiger partial charge in [0.1, 0.15) is 0 Å². The second kappa shape index (κ2) is 5.21. The zero-order chi connectivity index (χ0) is 15.1. The fourth-order valence-corrected chi connectivity index (χ4v) is 3.74. The number of carbonyl (C=O) groups is 1. The highest BCUT2D eigenvalue weighted by Gasteiger charge is 2.47. The molecule has 2 atom stereocenters. The summed E-state index contributed by atoms with van der Waals surface area (Å²) in [4.78, 5) is 21.0. The van der Waals surface area contributed by atoms with Crippen molar-refractivity contribution in [1.29, 1.82) is 0 Å². The van der Waals surface area contributed by atoms with E-state index in [-0.39, 0.29) is 11.9 Å². The van der Waals surface area contributed by atoms with Crippen molar-refractivity contribution >= 4 is 11.6 Å². The molecule has 2 aliphatic rings. The monoisotopic (exact) mass is 297 g/mol. The molecule has 0 spiro atoms. The van der Waals surface area contributed by atoms with Gasteiger partial charge in [0, 0.05) is 50.6 Å². The second-order valence-electron chi connectivity index (χ2n) is 6.10. The van der Waals surface area contributed by atoms with Crippen LogP contribution in [0.5, 0.6) is 0 Å². The van der Waals surface area contributed by atoms with Crippen LogP contribution in [0.15, 0.2) is 36.9 Å². The maximum atomic E-state index is 12.4. The van der Waals surface area contributed by atoms with E-state index in [1.807, 2.05) is 41.2 Å². The van der Waals surface area contributed by atoms with Crippen LogP contribution in [-0.4, -0.2) is 44.2 Å². The predicted octanol–water partition coefficient (Wildman–Crippen LogP) is 1.19. The highest BCUT2D eigenvalue weighted by Crippen LogP contribution is 2.36. The fraction of sp³-hybridized carbons (Fsp3) is 0.438. The Bertz CT molecular complexity index is 683. The lowest BCUT2D eigenvalue weighted by Gasteiger charge is -2.25. The lowest BCUT2D eigenvalue weighted by Crippen LogP contribution is -2.37. The fourth-order valence-electron chi connectivity index (χ4n) is 3.74. The highest BCUT2D eigenvalue weighted by atomic mass is 16.2. The van der Waals surface area contributed by atoms with Crippen molar-refractivity contribution in [2.75, 3.05) is 11.4 Å². The van der Waals surface area contributed by atoms with Gasteiger partial charge in [0.2, 0.25) is 5.91 Å². The summed E-state index contributed by atoms with van der Waals surface area (Å²) < 4.78 is 1.82. The molecule has 114 valence electrons. The number of amides is 1. The first-order valence-electron chi connectivity index (χ1n) is 7.66. The standard InChI is InChI=1S/C16H19N5O/c1-19-10-12(8-18-19)11-20-6-4-14-15(20)7-16(22)21(14)13-3-2-5-17-9-13/h2-3,5,8-10,14-15H,4,6-7,11H2,1H3/t14-,15-/m0/s1. The molecule has 0 aliphatic carbocycles. The molecule has 0 N–H and O–H groups in total. The Hall–Kier alpha value is -2.21. The van der Waals surface area contributed by atoms with E-state index in [4.69, 9.17) is 0 Å². The molecule has 2 aliphatic heterocycles. The maximum Gasteiger partial charge on any atom is 0.229 e. The lowest BCUT2D eigenvalue weighted by molar-refractivity contribution is -0.117. The average molecular weight is 297 g/mol. The third kappa shape index (κ3) is 2.20. The molecule has 1 amide bonds. The van der Waals surface area contributed by atoms with Crippen molar-refractivity contribution in [3.8, 4) is 0 Å². The number of nitrogens with zero attached hydrogens (tertiary/aromatic N) is 5. The number of aromatic nitrogens is 3. The minimum Gasteiger partial charge on any atom is -0.306 e. The number of fused-ring (bicyclic) bond motifs is 1. The maximum absolute atomic E-state index is 12.4. The van der Waals surface area contributed by atoms with Gasteiger partial charge in [-0.3, -0.25) is 19.4 Å². The molecular weight excluding hydrogens is 278 g/mol. The number of anilines is 1. The van der Waals surface area contributed by atoms with Crippen LogP contribution in [0.3, 0.4) is 0 Å². The highest BCUT2D eigenvalue weighted by molar-refractivity contribution is 5.97. The Morgan fingerprint density at radius 1 is 1.32 bits per heavy atom.